The quantitative estimate of drug-likeness (QED) is 0.683. The molecule has 0 saturated carbocycles. The standard InChI is InChI=1S/C11H16NO/c1-12(8-9-13-2)10-11-6-4-3-5-7-11/h3-7H,2,8-10H2,1H3. The average molecular weight is 178 g/mol. The second-order valence-electron chi connectivity index (χ2n) is 3.13. The molecule has 0 saturated heterocycles. The zero-order valence-corrected chi connectivity index (χ0v) is 8.07. The predicted octanol–water partition coefficient (Wildman–Crippen LogP) is 1.93. The van der Waals surface area contributed by atoms with Crippen LogP contribution in [-0.4, -0.2) is 25.1 Å². The van der Waals surface area contributed by atoms with E-state index in [-0.39, 0.29) is 0 Å². The monoisotopic (exact) mass is 178 g/mol. The Labute approximate surface area is 80.1 Å². The lowest BCUT2D eigenvalue weighted by Crippen LogP contribution is -2.21. The Kier molecular flexibility index (Phi) is 4.50. The maximum Gasteiger partial charge on any atom is 0.0701 e. The van der Waals surface area contributed by atoms with Gasteiger partial charge >= 0.3 is 0 Å². The molecule has 0 aliphatic carbocycles. The van der Waals surface area contributed by atoms with Crippen molar-refractivity contribution in [3.05, 3.63) is 43.0 Å². The second kappa shape index (κ2) is 5.73. The van der Waals surface area contributed by atoms with Crippen LogP contribution < -0.4 is 0 Å². The van der Waals surface area contributed by atoms with Crippen molar-refractivity contribution >= 4 is 0 Å². The molecule has 0 amide bonds. The zero-order chi connectivity index (χ0) is 9.52. The molecule has 0 aliphatic rings. The van der Waals surface area contributed by atoms with Gasteiger partial charge in [-0.15, -0.1) is 0 Å². The minimum absolute atomic E-state index is 0.684. The van der Waals surface area contributed by atoms with Crippen LogP contribution in [0.25, 0.3) is 0 Å². The van der Waals surface area contributed by atoms with Crippen LogP contribution >= 0.6 is 0 Å². The molecule has 0 N–H and O–H groups in total. The molecule has 13 heavy (non-hydrogen) atoms. The van der Waals surface area contributed by atoms with Crippen molar-refractivity contribution in [3.8, 4) is 0 Å². The van der Waals surface area contributed by atoms with Crippen LogP contribution in [0.2, 0.25) is 0 Å². The van der Waals surface area contributed by atoms with Gasteiger partial charge in [-0.3, -0.25) is 4.90 Å². The molecule has 2 heteroatoms. The fraction of sp³-hybridized carbons (Fsp3) is 0.364. The van der Waals surface area contributed by atoms with Gasteiger partial charge in [-0.1, -0.05) is 30.3 Å². The Morgan fingerprint density at radius 2 is 2.00 bits per heavy atom. The Bertz CT molecular complexity index is 223. The SMILES string of the molecule is [CH2]OCCN(C)Cc1ccccc1. The van der Waals surface area contributed by atoms with E-state index in [9.17, 15) is 0 Å². The van der Waals surface area contributed by atoms with Crippen LogP contribution in [-0.2, 0) is 11.3 Å². The Morgan fingerprint density at radius 3 is 2.62 bits per heavy atom. The highest BCUT2D eigenvalue weighted by molar-refractivity contribution is 5.14. The molecule has 1 radical (unpaired) electrons. The van der Waals surface area contributed by atoms with E-state index in [0.29, 0.717) is 6.61 Å². The Hall–Kier alpha value is -0.860. The topological polar surface area (TPSA) is 12.5 Å². The number of nitrogens with zero attached hydrogens (tertiary/aromatic N) is 1. The van der Waals surface area contributed by atoms with Gasteiger partial charge in [0.05, 0.1) is 13.7 Å². The lowest BCUT2D eigenvalue weighted by molar-refractivity contribution is 0.188. The predicted molar refractivity (Wildman–Crippen MR) is 54.1 cm³/mol. The van der Waals surface area contributed by atoms with Crippen LogP contribution in [0.15, 0.2) is 30.3 Å². The first-order chi connectivity index (χ1) is 6.33. The Balaban J connectivity index is 2.32. The summed E-state index contributed by atoms with van der Waals surface area (Å²) in [5.74, 6) is 0. The van der Waals surface area contributed by atoms with Gasteiger partial charge in [-0.05, 0) is 12.6 Å². The summed E-state index contributed by atoms with van der Waals surface area (Å²) in [6.45, 7) is 2.56. The molecule has 0 heterocycles. The van der Waals surface area contributed by atoms with Crippen molar-refractivity contribution in [3.63, 3.8) is 0 Å². The van der Waals surface area contributed by atoms with E-state index in [4.69, 9.17) is 4.74 Å². The van der Waals surface area contributed by atoms with Crippen LogP contribution in [0.4, 0.5) is 0 Å². The van der Waals surface area contributed by atoms with Crippen molar-refractivity contribution in [2.24, 2.45) is 0 Å². The molecule has 71 valence electrons. The summed E-state index contributed by atoms with van der Waals surface area (Å²) >= 11 is 0. The van der Waals surface area contributed by atoms with E-state index in [2.05, 4.69) is 43.3 Å². The first-order valence-corrected chi connectivity index (χ1v) is 4.42. The highest BCUT2D eigenvalue weighted by Gasteiger charge is 1.98. The Morgan fingerprint density at radius 1 is 1.31 bits per heavy atom. The summed E-state index contributed by atoms with van der Waals surface area (Å²) in [6.07, 6.45) is 0. The number of benzene rings is 1. The molecule has 1 aromatic carbocycles. The smallest absolute Gasteiger partial charge is 0.0701 e. The molecule has 0 bridgehead atoms. The summed E-state index contributed by atoms with van der Waals surface area (Å²) in [5, 5.41) is 0. The maximum atomic E-state index is 4.76. The number of ether oxygens (including phenoxy) is 1. The first-order valence-electron chi connectivity index (χ1n) is 4.42. The van der Waals surface area contributed by atoms with Gasteiger partial charge in [0.2, 0.25) is 0 Å². The molecule has 2 nitrogen and oxygen atoms in total. The van der Waals surface area contributed by atoms with Gasteiger partial charge in [0.1, 0.15) is 0 Å². The van der Waals surface area contributed by atoms with Crippen LogP contribution in [0.3, 0.4) is 0 Å². The second-order valence-corrected chi connectivity index (χ2v) is 3.13. The van der Waals surface area contributed by atoms with Gasteiger partial charge < -0.3 is 4.74 Å². The van der Waals surface area contributed by atoms with Crippen molar-refractivity contribution in [2.75, 3.05) is 20.2 Å². The van der Waals surface area contributed by atoms with Crippen LogP contribution in [0.1, 0.15) is 5.56 Å². The third-order valence-electron chi connectivity index (χ3n) is 1.91. The van der Waals surface area contributed by atoms with Gasteiger partial charge in [0, 0.05) is 13.1 Å². The molecule has 0 spiro atoms. The lowest BCUT2D eigenvalue weighted by Gasteiger charge is -2.15. The van der Waals surface area contributed by atoms with Crippen LogP contribution in [0.5, 0.6) is 0 Å². The molecular formula is C11H16NO. The molecule has 0 aliphatic heterocycles. The van der Waals surface area contributed by atoms with Gasteiger partial charge in [-0.2, -0.15) is 0 Å². The van der Waals surface area contributed by atoms with E-state index in [1.165, 1.54) is 5.56 Å². The molecular weight excluding hydrogens is 162 g/mol. The van der Waals surface area contributed by atoms with E-state index >= 15 is 0 Å². The fourth-order valence-corrected chi connectivity index (χ4v) is 1.19. The van der Waals surface area contributed by atoms with E-state index in [1.807, 2.05) is 6.07 Å². The molecule has 0 atom stereocenters. The van der Waals surface area contributed by atoms with Gasteiger partial charge in [0.15, 0.2) is 0 Å². The highest BCUT2D eigenvalue weighted by Crippen LogP contribution is 2.01. The summed E-state index contributed by atoms with van der Waals surface area (Å²) < 4.78 is 4.76. The lowest BCUT2D eigenvalue weighted by atomic mass is 10.2. The third-order valence-corrected chi connectivity index (χ3v) is 1.91. The molecule has 1 aromatic rings. The molecule has 0 unspecified atom stereocenters. The first kappa shape index (κ1) is 10.2. The van der Waals surface area contributed by atoms with Crippen LogP contribution in [0, 0.1) is 7.11 Å². The van der Waals surface area contributed by atoms with E-state index in [0.717, 1.165) is 13.1 Å². The highest BCUT2D eigenvalue weighted by atomic mass is 16.5. The fourth-order valence-electron chi connectivity index (χ4n) is 1.19. The largest absolute Gasteiger partial charge is 0.378 e. The van der Waals surface area contributed by atoms with E-state index < -0.39 is 0 Å². The molecule has 1 rings (SSSR count). The van der Waals surface area contributed by atoms with Crippen molar-refractivity contribution in [1.82, 2.24) is 4.90 Å². The summed E-state index contributed by atoms with van der Waals surface area (Å²) in [4.78, 5) is 2.21. The zero-order valence-electron chi connectivity index (χ0n) is 8.07. The maximum absolute atomic E-state index is 4.76. The number of hydrogen-bond acceptors (Lipinski definition) is 2. The third kappa shape index (κ3) is 4.06. The molecule has 0 fully saturated rings. The summed E-state index contributed by atoms with van der Waals surface area (Å²) in [6, 6.07) is 10.4. The normalized spacial score (nSPS) is 10.7. The molecule has 0 aromatic heterocycles. The minimum Gasteiger partial charge on any atom is -0.378 e. The summed E-state index contributed by atoms with van der Waals surface area (Å²) in [5.41, 5.74) is 1.33. The van der Waals surface area contributed by atoms with E-state index in [1.54, 1.807) is 0 Å². The van der Waals surface area contributed by atoms with Gasteiger partial charge in [-0.25, -0.2) is 0 Å². The number of rotatable bonds is 5. The average Bonchev–Trinajstić information content (AvgIpc) is 2.16. The summed E-state index contributed by atoms with van der Waals surface area (Å²) in [7, 11) is 5.41. The number of hydrogen-bond donors (Lipinski definition) is 0. The number of likely N-dealkylation sites (N-methyl/N-ethyl adjacent to an activating group) is 1. The van der Waals surface area contributed by atoms with Crippen molar-refractivity contribution < 1.29 is 4.74 Å². The van der Waals surface area contributed by atoms with Crippen molar-refractivity contribution in [2.45, 2.75) is 6.54 Å². The van der Waals surface area contributed by atoms with Gasteiger partial charge in [0.25, 0.3) is 0 Å². The van der Waals surface area contributed by atoms with Crippen molar-refractivity contribution in [1.29, 1.82) is 0 Å². The minimum atomic E-state index is 0.684.